The molecule has 0 saturated carbocycles. The Morgan fingerprint density at radius 3 is 2.08 bits per heavy atom. The monoisotopic (exact) mass is 890 g/mol. The third-order valence-electron chi connectivity index (χ3n) is 10.6. The maximum Gasteiger partial charge on any atom is 0.330 e. The van der Waals surface area contributed by atoms with Crippen molar-refractivity contribution in [1.29, 1.82) is 0 Å². The third kappa shape index (κ3) is 10.1. The molecular formula is C41H46O22. The highest BCUT2D eigenvalue weighted by molar-refractivity contribution is 5.87. The summed E-state index contributed by atoms with van der Waals surface area (Å²) in [6.45, 7) is -1.90. The minimum absolute atomic E-state index is 0.0169. The Morgan fingerprint density at radius 1 is 0.667 bits per heavy atom. The molecule has 3 fully saturated rings. The van der Waals surface area contributed by atoms with E-state index in [1.807, 2.05) is 0 Å². The van der Waals surface area contributed by atoms with Crippen molar-refractivity contribution in [3.63, 3.8) is 0 Å². The van der Waals surface area contributed by atoms with Gasteiger partial charge < -0.3 is 104 Å². The van der Waals surface area contributed by atoms with Gasteiger partial charge in [-0.25, -0.2) is 4.79 Å². The highest BCUT2D eigenvalue weighted by Crippen LogP contribution is 2.46. The molecule has 342 valence electrons. The van der Waals surface area contributed by atoms with Gasteiger partial charge in [0.15, 0.2) is 36.3 Å². The number of hydrogen-bond acceptors (Lipinski definition) is 22. The van der Waals surface area contributed by atoms with Crippen LogP contribution in [0.3, 0.4) is 0 Å². The molecule has 4 heterocycles. The van der Waals surface area contributed by atoms with E-state index in [9.17, 15) is 71.2 Å². The molecule has 63 heavy (non-hydrogen) atoms. The molecule has 4 aliphatic rings. The van der Waals surface area contributed by atoms with Crippen LogP contribution >= 0.6 is 0 Å². The average molecular weight is 891 g/mol. The molecule has 7 rings (SSSR count). The number of carbonyl (C=O) groups is 1. The van der Waals surface area contributed by atoms with Crippen molar-refractivity contribution >= 4 is 18.1 Å². The van der Waals surface area contributed by atoms with Gasteiger partial charge >= 0.3 is 5.97 Å². The van der Waals surface area contributed by atoms with Crippen LogP contribution in [0, 0.1) is 0 Å². The lowest BCUT2D eigenvalue weighted by Crippen LogP contribution is -2.64. The van der Waals surface area contributed by atoms with Gasteiger partial charge in [-0.15, -0.1) is 0 Å². The predicted molar refractivity (Wildman–Crippen MR) is 206 cm³/mol. The summed E-state index contributed by atoms with van der Waals surface area (Å²) < 4.78 is 46.1. The lowest BCUT2D eigenvalue weighted by molar-refractivity contribution is -0.360. The Balaban J connectivity index is 1.11. The number of ether oxygens (including phenoxy) is 8. The van der Waals surface area contributed by atoms with Gasteiger partial charge in [0, 0.05) is 23.8 Å². The fraction of sp³-hybridized carbons (Fsp3) is 0.439. The maximum absolute atomic E-state index is 12.4. The van der Waals surface area contributed by atoms with E-state index in [1.54, 1.807) is 0 Å². The van der Waals surface area contributed by atoms with E-state index in [-0.39, 0.29) is 34.1 Å². The summed E-state index contributed by atoms with van der Waals surface area (Å²) in [7, 11) is 0. The summed E-state index contributed by atoms with van der Waals surface area (Å²) in [6, 6.07) is 11.7. The van der Waals surface area contributed by atoms with E-state index in [0.717, 1.165) is 24.3 Å². The van der Waals surface area contributed by atoms with E-state index in [4.69, 9.17) is 37.9 Å². The molecule has 0 aromatic heterocycles. The van der Waals surface area contributed by atoms with Gasteiger partial charge in [0.2, 0.25) is 6.29 Å². The summed E-state index contributed by atoms with van der Waals surface area (Å²) in [5.41, 5.74) is 0.676. The van der Waals surface area contributed by atoms with Gasteiger partial charge in [0.25, 0.3) is 0 Å². The van der Waals surface area contributed by atoms with Crippen LogP contribution < -0.4 is 4.74 Å². The minimum Gasteiger partial charge on any atom is -0.508 e. The molecule has 0 radical (unpaired) electrons. The van der Waals surface area contributed by atoms with Gasteiger partial charge in [-0.3, -0.25) is 0 Å². The predicted octanol–water partition coefficient (Wildman–Crippen LogP) is -1.94. The molecule has 4 aliphatic heterocycles. The first-order chi connectivity index (χ1) is 30.0. The van der Waals surface area contributed by atoms with E-state index < -0.39 is 135 Å². The molecule has 0 bridgehead atoms. The highest BCUT2D eigenvalue weighted by Gasteiger charge is 2.52. The van der Waals surface area contributed by atoms with Crippen LogP contribution in [0.25, 0.3) is 12.2 Å². The topological polar surface area (TPSA) is 354 Å². The molecule has 0 aliphatic carbocycles. The second-order valence-corrected chi connectivity index (χ2v) is 15.1. The molecule has 13 N–H and O–H groups in total. The summed E-state index contributed by atoms with van der Waals surface area (Å²) in [5.74, 6) is -3.04. The Hall–Kier alpha value is -5.31. The lowest BCUT2D eigenvalue weighted by atomic mass is 9.97. The molecule has 3 aromatic rings. The summed E-state index contributed by atoms with van der Waals surface area (Å²) in [5, 5.41) is 137. The summed E-state index contributed by atoms with van der Waals surface area (Å²) in [4.78, 5) is 12.4. The molecule has 15 atom stereocenters. The van der Waals surface area contributed by atoms with Gasteiger partial charge in [-0.1, -0.05) is 18.2 Å². The number of hydrogen-bond donors (Lipinski definition) is 13. The van der Waals surface area contributed by atoms with Crippen LogP contribution in [0.2, 0.25) is 0 Å². The zero-order valence-electron chi connectivity index (χ0n) is 32.7. The number of carbonyl (C=O) groups excluding carboxylic acids is 1. The number of phenols is 5. The fourth-order valence-corrected chi connectivity index (χ4v) is 7.09. The fourth-order valence-electron chi connectivity index (χ4n) is 7.09. The average Bonchev–Trinajstić information content (AvgIpc) is 3.25. The second kappa shape index (κ2) is 19.2. The van der Waals surface area contributed by atoms with Crippen molar-refractivity contribution in [3.05, 3.63) is 83.1 Å². The number of aliphatic hydroxyl groups is 8. The van der Waals surface area contributed by atoms with E-state index in [2.05, 4.69) is 0 Å². The van der Waals surface area contributed by atoms with Gasteiger partial charge in [-0.05, 0) is 42.0 Å². The van der Waals surface area contributed by atoms with Crippen LogP contribution in [-0.2, 0) is 38.0 Å². The number of fused-ring (bicyclic) bond motifs is 1. The number of aliphatic hydroxyl groups excluding tert-OH is 8. The number of rotatable bonds is 12. The van der Waals surface area contributed by atoms with Crippen molar-refractivity contribution in [2.45, 2.75) is 92.1 Å². The lowest BCUT2D eigenvalue weighted by Gasteiger charge is -2.46. The number of esters is 1. The van der Waals surface area contributed by atoms with Crippen molar-refractivity contribution in [2.24, 2.45) is 0 Å². The van der Waals surface area contributed by atoms with Crippen molar-refractivity contribution in [1.82, 2.24) is 0 Å². The minimum atomic E-state index is -2.01. The highest BCUT2D eigenvalue weighted by atomic mass is 16.8. The quantitative estimate of drug-likeness (QED) is 0.0534. The van der Waals surface area contributed by atoms with Crippen LogP contribution in [0.15, 0.2) is 66.4 Å². The number of phenolic OH excluding ortho intramolecular Hbond substituents is 5. The van der Waals surface area contributed by atoms with Crippen LogP contribution in [-0.4, -0.2) is 178 Å². The van der Waals surface area contributed by atoms with Crippen molar-refractivity contribution in [2.75, 3.05) is 19.8 Å². The second-order valence-electron chi connectivity index (χ2n) is 15.1. The molecule has 22 heteroatoms. The zero-order valence-corrected chi connectivity index (χ0v) is 32.7. The third-order valence-corrected chi connectivity index (χ3v) is 10.6. The Morgan fingerprint density at radius 2 is 1.35 bits per heavy atom. The summed E-state index contributed by atoms with van der Waals surface area (Å²) in [6.07, 6.45) is -22.6. The molecule has 0 amide bonds. The number of benzene rings is 3. The van der Waals surface area contributed by atoms with Crippen LogP contribution in [0.5, 0.6) is 34.5 Å². The maximum atomic E-state index is 12.4. The molecule has 1 unspecified atom stereocenters. The van der Waals surface area contributed by atoms with Gasteiger partial charge in [-0.2, -0.15) is 0 Å². The Kier molecular flexibility index (Phi) is 13.9. The largest absolute Gasteiger partial charge is 0.508 e. The molecule has 3 aromatic carbocycles. The van der Waals surface area contributed by atoms with Crippen LogP contribution in [0.1, 0.15) is 22.8 Å². The normalized spacial score (nSPS) is 34.4. The first-order valence-electron chi connectivity index (χ1n) is 19.4. The van der Waals surface area contributed by atoms with Gasteiger partial charge in [0.05, 0.1) is 18.8 Å². The molecule has 0 spiro atoms. The summed E-state index contributed by atoms with van der Waals surface area (Å²) >= 11 is 0. The van der Waals surface area contributed by atoms with E-state index >= 15 is 0 Å². The van der Waals surface area contributed by atoms with Crippen molar-refractivity contribution < 1.29 is 109 Å². The van der Waals surface area contributed by atoms with E-state index in [1.165, 1.54) is 48.6 Å². The Labute approximate surface area is 356 Å². The van der Waals surface area contributed by atoms with E-state index in [0.29, 0.717) is 5.56 Å². The smallest absolute Gasteiger partial charge is 0.330 e. The SMILES string of the molecule is O=C(/C=C/c1ccc(O)cc1)OC[C@H]1O[C@@H](OC[C@@H]2O[C@@H](OC3=Cc4c(O)cc(O)cc4OC3c3ccc(O)c(O)c3)[C@@H](O[C@H]3OC[C@@H](O)[C@@H](O)[C@H]3O)[C@H](O)[C@H]2O)[C@H](O)[C@@H](O)[C@@H]1O. The Bertz CT molecular complexity index is 2130. The standard InChI is InChI=1S/C41H46O22/c42-18-5-1-16(2-6-18)3-8-29(48)56-14-27-31(50)33(52)36(55)39(61-27)58-15-28-32(51)34(53)38(63-40-35(54)30(49)24(47)13-57-40)41(62-28)60-26-12-20-22(45)10-19(43)11-25(20)59-37(26)17-4-7-21(44)23(46)9-17/h1-12,24,27-28,30-47,49-55H,13-15H2/b8-3+/t24-,27-,28+,30-,31-,32+,33+,34-,35-,36-,37?,38+,39-,40-,41-/m1/s1. The zero-order chi connectivity index (χ0) is 45.3. The first-order valence-corrected chi connectivity index (χ1v) is 19.4. The van der Waals surface area contributed by atoms with Gasteiger partial charge in [0.1, 0.15) is 96.4 Å². The number of aromatic hydroxyl groups is 5. The molecule has 3 saturated heterocycles. The first kappa shape index (κ1) is 45.7. The van der Waals surface area contributed by atoms with Crippen LogP contribution in [0.4, 0.5) is 0 Å². The molecular weight excluding hydrogens is 844 g/mol. The molecule has 22 nitrogen and oxygen atoms in total. The van der Waals surface area contributed by atoms with Crippen molar-refractivity contribution in [3.8, 4) is 34.5 Å².